The molecule has 0 saturated carbocycles. The van der Waals surface area contributed by atoms with Gasteiger partial charge in [-0.15, -0.1) is 0 Å². The number of aromatic nitrogens is 2. The highest BCUT2D eigenvalue weighted by Gasteiger charge is 2.26. The summed E-state index contributed by atoms with van der Waals surface area (Å²) < 4.78 is 34.8. The number of nitrogens with one attached hydrogen (secondary N) is 1. The Morgan fingerprint density at radius 1 is 1.34 bits per heavy atom. The highest BCUT2D eigenvalue weighted by Crippen LogP contribution is 2.24. The third kappa shape index (κ3) is 3.86. The zero-order valence-corrected chi connectivity index (χ0v) is 15.9. The van der Waals surface area contributed by atoms with Crippen LogP contribution >= 0.6 is 0 Å². The summed E-state index contributed by atoms with van der Waals surface area (Å²) in [5.41, 5.74) is 1.59. The van der Waals surface area contributed by atoms with Gasteiger partial charge in [-0.05, 0) is 35.7 Å². The van der Waals surface area contributed by atoms with E-state index in [2.05, 4.69) is 10.3 Å². The van der Waals surface area contributed by atoms with Crippen molar-refractivity contribution < 1.29 is 23.4 Å². The summed E-state index contributed by atoms with van der Waals surface area (Å²) in [6.07, 6.45) is 1.63. The lowest BCUT2D eigenvalue weighted by Crippen LogP contribution is -2.48. The van der Waals surface area contributed by atoms with E-state index in [0.29, 0.717) is 24.2 Å². The van der Waals surface area contributed by atoms with Crippen molar-refractivity contribution in [1.29, 1.82) is 0 Å². The number of benzene rings is 1. The molecule has 0 radical (unpaired) electrons. The molecule has 152 valence electrons. The van der Waals surface area contributed by atoms with Crippen molar-refractivity contribution in [2.24, 2.45) is 7.05 Å². The Morgan fingerprint density at radius 3 is 2.97 bits per heavy atom. The number of rotatable bonds is 4. The summed E-state index contributed by atoms with van der Waals surface area (Å²) in [6.45, 7) is 0.621. The lowest BCUT2D eigenvalue weighted by Gasteiger charge is -2.28. The van der Waals surface area contributed by atoms with Gasteiger partial charge < -0.3 is 19.7 Å². The Morgan fingerprint density at radius 2 is 2.17 bits per heavy atom. The van der Waals surface area contributed by atoms with Gasteiger partial charge in [0.2, 0.25) is 0 Å². The number of pyridine rings is 1. The fraction of sp³-hybridized carbons (Fsp3) is 0.333. The van der Waals surface area contributed by atoms with Gasteiger partial charge in [0.05, 0.1) is 18.8 Å². The molecule has 0 aliphatic carbocycles. The Hall–Kier alpha value is -2.84. The molecular weight excluding hydrogens is 380 g/mol. The van der Waals surface area contributed by atoms with Crippen molar-refractivity contribution >= 4 is 16.9 Å². The molecule has 29 heavy (non-hydrogen) atoms. The Labute approximate surface area is 166 Å². The largest absolute Gasteiger partial charge is 0.389 e. The second kappa shape index (κ2) is 7.88. The standard InChI is InChI=1S/C21H21F2N3O3/c1-26-7-5-14-13(9-12-3-2-4-15(22)19(12)23)10-17(24-20(14)26)21(28)25-16-6-8-29-11-18(16)27/h2-5,7,10,16,18,27H,6,8-9,11H2,1H3,(H,25,28)/t16-,18-/m1/s1. The van der Waals surface area contributed by atoms with Crippen LogP contribution in [0.15, 0.2) is 36.5 Å². The molecule has 3 heterocycles. The molecule has 0 spiro atoms. The molecule has 1 aliphatic heterocycles. The summed E-state index contributed by atoms with van der Waals surface area (Å²) >= 11 is 0. The second-order valence-corrected chi connectivity index (χ2v) is 7.23. The maximum Gasteiger partial charge on any atom is 0.270 e. The van der Waals surface area contributed by atoms with E-state index in [9.17, 15) is 18.7 Å². The van der Waals surface area contributed by atoms with Crippen LogP contribution in [0, 0.1) is 11.6 Å². The molecule has 2 atom stereocenters. The molecule has 0 bridgehead atoms. The predicted octanol–water partition coefficient (Wildman–Crippen LogP) is 2.32. The van der Waals surface area contributed by atoms with Gasteiger partial charge in [-0.25, -0.2) is 13.8 Å². The van der Waals surface area contributed by atoms with Crippen LogP contribution in [0.4, 0.5) is 8.78 Å². The van der Waals surface area contributed by atoms with E-state index in [1.807, 2.05) is 6.07 Å². The highest BCUT2D eigenvalue weighted by atomic mass is 19.2. The van der Waals surface area contributed by atoms with E-state index in [1.165, 1.54) is 12.1 Å². The van der Waals surface area contributed by atoms with Crippen LogP contribution in [0.25, 0.3) is 11.0 Å². The molecule has 1 aliphatic rings. The Balaban J connectivity index is 1.69. The monoisotopic (exact) mass is 401 g/mol. The zero-order chi connectivity index (χ0) is 20.5. The maximum atomic E-state index is 14.2. The minimum atomic E-state index is -0.910. The first-order valence-corrected chi connectivity index (χ1v) is 9.38. The molecule has 4 rings (SSSR count). The van der Waals surface area contributed by atoms with Gasteiger partial charge in [-0.1, -0.05) is 12.1 Å². The molecule has 1 fully saturated rings. The fourth-order valence-corrected chi connectivity index (χ4v) is 3.59. The Kier molecular flexibility index (Phi) is 5.29. The lowest BCUT2D eigenvalue weighted by molar-refractivity contribution is -0.0261. The van der Waals surface area contributed by atoms with Crippen LogP contribution in [0.5, 0.6) is 0 Å². The number of aliphatic hydroxyl groups excluding tert-OH is 1. The predicted molar refractivity (Wildman–Crippen MR) is 103 cm³/mol. The summed E-state index contributed by atoms with van der Waals surface area (Å²) in [7, 11) is 1.80. The molecule has 3 aromatic rings. The van der Waals surface area contributed by atoms with E-state index in [0.717, 1.165) is 11.5 Å². The first kappa shape index (κ1) is 19.5. The lowest BCUT2D eigenvalue weighted by atomic mass is 10.0. The van der Waals surface area contributed by atoms with Gasteiger partial charge in [0.15, 0.2) is 11.6 Å². The molecule has 0 unspecified atom stereocenters. The highest BCUT2D eigenvalue weighted by molar-refractivity contribution is 5.95. The molecule has 8 heteroatoms. The fourth-order valence-electron chi connectivity index (χ4n) is 3.59. The van der Waals surface area contributed by atoms with Crippen molar-refractivity contribution in [3.05, 3.63) is 65.0 Å². The third-order valence-corrected chi connectivity index (χ3v) is 5.21. The number of aliphatic hydroxyl groups is 1. The van der Waals surface area contributed by atoms with Crippen molar-refractivity contribution in [2.45, 2.75) is 25.0 Å². The SMILES string of the molecule is Cn1ccc2c(Cc3cccc(F)c3F)cc(C(=O)N[C@@H]3CCOC[C@H]3O)nc21. The second-order valence-electron chi connectivity index (χ2n) is 7.23. The van der Waals surface area contributed by atoms with Crippen LogP contribution in [-0.4, -0.2) is 45.9 Å². The van der Waals surface area contributed by atoms with Crippen LogP contribution in [0.3, 0.4) is 0 Å². The molecule has 2 N–H and O–H groups in total. The number of aryl methyl sites for hydroxylation is 1. The molecule has 1 saturated heterocycles. The van der Waals surface area contributed by atoms with E-state index in [4.69, 9.17) is 4.74 Å². The van der Waals surface area contributed by atoms with Gasteiger partial charge in [-0.3, -0.25) is 4.79 Å². The minimum Gasteiger partial charge on any atom is -0.389 e. The number of halogens is 2. The number of nitrogens with zero attached hydrogens (tertiary/aromatic N) is 2. The van der Waals surface area contributed by atoms with E-state index < -0.39 is 29.7 Å². The first-order chi connectivity index (χ1) is 13.9. The quantitative estimate of drug-likeness (QED) is 0.704. The van der Waals surface area contributed by atoms with Crippen molar-refractivity contribution in [2.75, 3.05) is 13.2 Å². The first-order valence-electron chi connectivity index (χ1n) is 9.38. The topological polar surface area (TPSA) is 76.4 Å². The van der Waals surface area contributed by atoms with Gasteiger partial charge in [0.1, 0.15) is 11.3 Å². The van der Waals surface area contributed by atoms with E-state index in [1.54, 1.807) is 23.9 Å². The number of hydrogen-bond acceptors (Lipinski definition) is 4. The number of carbonyl (C=O) groups is 1. The Bertz CT molecular complexity index is 1070. The number of amides is 1. The van der Waals surface area contributed by atoms with Crippen LogP contribution in [0.2, 0.25) is 0 Å². The van der Waals surface area contributed by atoms with E-state index in [-0.39, 0.29) is 24.3 Å². The van der Waals surface area contributed by atoms with Crippen molar-refractivity contribution in [3.8, 4) is 0 Å². The third-order valence-electron chi connectivity index (χ3n) is 5.21. The summed E-state index contributed by atoms with van der Waals surface area (Å²) in [5, 5.41) is 13.6. The average molecular weight is 401 g/mol. The van der Waals surface area contributed by atoms with Gasteiger partial charge in [-0.2, -0.15) is 0 Å². The van der Waals surface area contributed by atoms with E-state index >= 15 is 0 Å². The molecule has 6 nitrogen and oxygen atoms in total. The van der Waals surface area contributed by atoms with Gasteiger partial charge in [0, 0.05) is 31.7 Å². The molecule has 1 amide bonds. The van der Waals surface area contributed by atoms with Gasteiger partial charge in [0.25, 0.3) is 5.91 Å². The molecular formula is C21H21F2N3O3. The van der Waals surface area contributed by atoms with Crippen LogP contribution in [0.1, 0.15) is 28.0 Å². The van der Waals surface area contributed by atoms with Gasteiger partial charge >= 0.3 is 0 Å². The summed E-state index contributed by atoms with van der Waals surface area (Å²) in [5.74, 6) is -2.24. The smallest absolute Gasteiger partial charge is 0.270 e. The number of fused-ring (bicyclic) bond motifs is 1. The maximum absolute atomic E-state index is 14.2. The number of hydrogen-bond donors (Lipinski definition) is 2. The summed E-state index contributed by atoms with van der Waals surface area (Å²) in [4.78, 5) is 17.2. The van der Waals surface area contributed by atoms with Crippen molar-refractivity contribution in [1.82, 2.24) is 14.9 Å². The number of ether oxygens (including phenoxy) is 1. The average Bonchev–Trinajstić information content (AvgIpc) is 3.08. The molecule has 1 aromatic carbocycles. The van der Waals surface area contributed by atoms with Crippen LogP contribution < -0.4 is 5.32 Å². The minimum absolute atomic E-state index is 0.118. The normalized spacial score (nSPS) is 19.4. The summed E-state index contributed by atoms with van der Waals surface area (Å²) in [6, 6.07) is 7.04. The molecule has 2 aromatic heterocycles. The van der Waals surface area contributed by atoms with Crippen LogP contribution in [-0.2, 0) is 18.2 Å². The zero-order valence-electron chi connectivity index (χ0n) is 15.9. The number of carbonyl (C=O) groups excluding carboxylic acids is 1. The van der Waals surface area contributed by atoms with Crippen molar-refractivity contribution in [3.63, 3.8) is 0 Å².